The number of allylic oxidation sites excluding steroid dienone is 2. The fourth-order valence-electron chi connectivity index (χ4n) is 2.77. The molecule has 0 fully saturated rings. The van der Waals surface area contributed by atoms with Crippen LogP contribution < -0.4 is 10.2 Å². The Morgan fingerprint density at radius 3 is 2.88 bits per heavy atom. The van der Waals surface area contributed by atoms with Crippen molar-refractivity contribution in [2.24, 2.45) is 4.99 Å². The summed E-state index contributed by atoms with van der Waals surface area (Å²) in [6.45, 7) is 0.573. The second-order valence-electron chi connectivity index (χ2n) is 5.70. The maximum atomic E-state index is 9.21. The third-order valence-corrected chi connectivity index (χ3v) is 5.02. The van der Waals surface area contributed by atoms with E-state index in [4.69, 9.17) is 4.98 Å². The number of hydrogen-bond donors (Lipinski definition) is 1. The number of pyridine rings is 1. The number of nitriles is 1. The number of aliphatic imine (C=N–C) groups is 1. The van der Waals surface area contributed by atoms with Crippen molar-refractivity contribution in [3.05, 3.63) is 66.1 Å². The Kier molecular flexibility index (Phi) is 4.69. The van der Waals surface area contributed by atoms with Crippen molar-refractivity contribution in [2.75, 3.05) is 4.90 Å². The van der Waals surface area contributed by atoms with Gasteiger partial charge in [-0.2, -0.15) is 5.26 Å². The van der Waals surface area contributed by atoms with Crippen LogP contribution in [-0.4, -0.2) is 22.5 Å². The zero-order chi connectivity index (χ0) is 17.8. The van der Waals surface area contributed by atoms with Gasteiger partial charge in [0.2, 0.25) is 0 Å². The van der Waals surface area contributed by atoms with Gasteiger partial charge in [-0.05, 0) is 30.3 Å². The van der Waals surface area contributed by atoms with Crippen molar-refractivity contribution in [1.82, 2.24) is 15.3 Å². The maximum Gasteiger partial charge on any atom is 0.193 e. The van der Waals surface area contributed by atoms with Gasteiger partial charge in [-0.25, -0.2) is 4.98 Å². The highest BCUT2D eigenvalue weighted by atomic mass is 32.1. The summed E-state index contributed by atoms with van der Waals surface area (Å²) >= 11 is 1.59. The monoisotopic (exact) mass is 360 g/mol. The van der Waals surface area contributed by atoms with Crippen LogP contribution in [0.2, 0.25) is 0 Å². The summed E-state index contributed by atoms with van der Waals surface area (Å²) in [6.07, 6.45) is 5.35. The molecule has 0 spiro atoms. The van der Waals surface area contributed by atoms with Crippen LogP contribution >= 0.6 is 11.3 Å². The van der Waals surface area contributed by atoms with E-state index in [1.165, 1.54) is 0 Å². The Balaban J connectivity index is 1.64. The Hall–Kier alpha value is -3.08. The van der Waals surface area contributed by atoms with Gasteiger partial charge in [-0.15, -0.1) is 0 Å². The van der Waals surface area contributed by atoms with Gasteiger partial charge in [0.15, 0.2) is 11.4 Å². The van der Waals surface area contributed by atoms with E-state index in [0.29, 0.717) is 13.0 Å². The SMILES string of the molecule is N#CCC1=CC=NC(NCc2ccccn2)N1c1nc2ccccc2s1. The molecule has 3 heterocycles. The van der Waals surface area contributed by atoms with Gasteiger partial charge in [-0.1, -0.05) is 29.5 Å². The molecule has 0 saturated carbocycles. The molecule has 1 N–H and O–H groups in total. The Bertz CT molecular complexity index is 969. The molecular weight excluding hydrogens is 344 g/mol. The number of benzene rings is 1. The predicted molar refractivity (Wildman–Crippen MR) is 104 cm³/mol. The quantitative estimate of drug-likeness (QED) is 0.754. The number of thiazole rings is 1. The molecular formula is C19H16N6S. The van der Waals surface area contributed by atoms with Crippen LogP contribution in [0.5, 0.6) is 0 Å². The van der Waals surface area contributed by atoms with Gasteiger partial charge in [0.05, 0.1) is 28.4 Å². The van der Waals surface area contributed by atoms with Gasteiger partial charge in [0.25, 0.3) is 0 Å². The standard InChI is InChI=1S/C19H16N6S/c20-10-8-15-9-12-22-18(23-13-14-5-3-4-11-21-14)25(15)19-24-16-6-1-2-7-17(16)26-19/h1-7,9,11-12,18,23H,8,13H2. The zero-order valence-electron chi connectivity index (χ0n) is 13.9. The molecule has 0 bridgehead atoms. The molecule has 128 valence electrons. The fraction of sp³-hybridized carbons (Fsp3) is 0.158. The molecule has 1 aromatic carbocycles. The summed E-state index contributed by atoms with van der Waals surface area (Å²) in [6, 6.07) is 16.1. The van der Waals surface area contributed by atoms with Gasteiger partial charge < -0.3 is 0 Å². The molecule has 1 aliphatic rings. The lowest BCUT2D eigenvalue weighted by Crippen LogP contribution is -2.45. The average molecular weight is 360 g/mol. The van der Waals surface area contributed by atoms with Crippen molar-refractivity contribution in [1.29, 1.82) is 5.26 Å². The summed E-state index contributed by atoms with van der Waals surface area (Å²) < 4.78 is 1.11. The number of hydrogen-bond acceptors (Lipinski definition) is 7. The van der Waals surface area contributed by atoms with Crippen molar-refractivity contribution < 1.29 is 0 Å². The van der Waals surface area contributed by atoms with Crippen molar-refractivity contribution in [3.8, 4) is 6.07 Å². The molecule has 0 amide bonds. The molecule has 0 aliphatic carbocycles. The lowest BCUT2D eigenvalue weighted by molar-refractivity contribution is 0.514. The minimum Gasteiger partial charge on any atom is -0.285 e. The number of aromatic nitrogens is 2. The van der Waals surface area contributed by atoms with Crippen molar-refractivity contribution in [2.45, 2.75) is 19.3 Å². The van der Waals surface area contributed by atoms with Crippen LogP contribution in [0.25, 0.3) is 10.2 Å². The Morgan fingerprint density at radius 1 is 1.19 bits per heavy atom. The van der Waals surface area contributed by atoms with Crippen LogP contribution in [0.4, 0.5) is 5.13 Å². The highest BCUT2D eigenvalue weighted by Gasteiger charge is 2.26. The second-order valence-corrected chi connectivity index (χ2v) is 6.71. The molecule has 3 aromatic rings. The van der Waals surface area contributed by atoms with E-state index in [1.807, 2.05) is 53.4 Å². The van der Waals surface area contributed by atoms with Crippen LogP contribution in [0.15, 0.2) is 65.4 Å². The fourth-order valence-corrected chi connectivity index (χ4v) is 3.79. The van der Waals surface area contributed by atoms with Gasteiger partial charge >= 0.3 is 0 Å². The molecule has 26 heavy (non-hydrogen) atoms. The first-order valence-corrected chi connectivity index (χ1v) is 9.04. The van der Waals surface area contributed by atoms with Crippen LogP contribution in [0.1, 0.15) is 12.1 Å². The average Bonchev–Trinajstić information content (AvgIpc) is 3.11. The van der Waals surface area contributed by atoms with E-state index in [-0.39, 0.29) is 6.29 Å². The van der Waals surface area contributed by atoms with Crippen molar-refractivity contribution in [3.63, 3.8) is 0 Å². The van der Waals surface area contributed by atoms with Crippen LogP contribution in [0.3, 0.4) is 0 Å². The first-order chi connectivity index (χ1) is 12.8. The first kappa shape index (κ1) is 16.4. The van der Waals surface area contributed by atoms with Gasteiger partial charge in [0, 0.05) is 24.7 Å². The van der Waals surface area contributed by atoms with E-state index in [2.05, 4.69) is 21.4 Å². The molecule has 1 aliphatic heterocycles. The number of para-hydroxylation sites is 1. The summed E-state index contributed by atoms with van der Waals surface area (Å²) in [5.41, 5.74) is 2.75. The third-order valence-electron chi connectivity index (χ3n) is 3.99. The van der Waals surface area contributed by atoms with Crippen molar-refractivity contribution >= 4 is 32.9 Å². The normalized spacial score (nSPS) is 16.5. The highest BCUT2D eigenvalue weighted by Crippen LogP contribution is 2.33. The third kappa shape index (κ3) is 3.33. The summed E-state index contributed by atoms with van der Waals surface area (Å²) in [5, 5.41) is 13.4. The smallest absolute Gasteiger partial charge is 0.193 e. The van der Waals surface area contributed by atoms with Gasteiger partial charge in [-0.3, -0.25) is 20.2 Å². The molecule has 4 rings (SSSR count). The van der Waals surface area contributed by atoms with Crippen LogP contribution in [0, 0.1) is 11.3 Å². The molecule has 7 heteroatoms. The predicted octanol–water partition coefficient (Wildman–Crippen LogP) is 3.45. The van der Waals surface area contributed by atoms with E-state index < -0.39 is 0 Å². The first-order valence-electron chi connectivity index (χ1n) is 8.22. The Morgan fingerprint density at radius 2 is 2.08 bits per heavy atom. The molecule has 0 radical (unpaired) electrons. The van der Waals surface area contributed by atoms with E-state index in [0.717, 1.165) is 26.7 Å². The molecule has 0 saturated heterocycles. The van der Waals surface area contributed by atoms with Crippen LogP contribution in [-0.2, 0) is 6.54 Å². The van der Waals surface area contributed by atoms with E-state index in [1.54, 1.807) is 23.7 Å². The van der Waals surface area contributed by atoms with Gasteiger partial charge in [0.1, 0.15) is 0 Å². The maximum absolute atomic E-state index is 9.21. The number of fused-ring (bicyclic) bond motifs is 1. The molecule has 1 atom stereocenters. The number of nitrogens with zero attached hydrogens (tertiary/aromatic N) is 5. The Labute approximate surface area is 155 Å². The number of rotatable bonds is 5. The molecule has 2 aromatic heterocycles. The molecule has 6 nitrogen and oxygen atoms in total. The number of anilines is 1. The number of nitrogens with one attached hydrogen (secondary N) is 1. The highest BCUT2D eigenvalue weighted by molar-refractivity contribution is 7.22. The lowest BCUT2D eigenvalue weighted by Gasteiger charge is -2.32. The zero-order valence-corrected chi connectivity index (χ0v) is 14.7. The second kappa shape index (κ2) is 7.44. The minimum absolute atomic E-state index is 0.295. The summed E-state index contributed by atoms with van der Waals surface area (Å²) in [4.78, 5) is 15.6. The largest absolute Gasteiger partial charge is 0.285 e. The molecule has 1 unspecified atom stereocenters. The summed E-state index contributed by atoms with van der Waals surface area (Å²) in [5.74, 6) is 0. The minimum atomic E-state index is -0.328. The summed E-state index contributed by atoms with van der Waals surface area (Å²) in [7, 11) is 0. The van der Waals surface area contributed by atoms with E-state index >= 15 is 0 Å². The topological polar surface area (TPSA) is 77.2 Å². The van der Waals surface area contributed by atoms with E-state index in [9.17, 15) is 5.26 Å². The lowest BCUT2D eigenvalue weighted by atomic mass is 10.2.